The number of hydrogen-bond acceptors (Lipinski definition) is 4. The molecule has 5 heteroatoms. The maximum Gasteiger partial charge on any atom is 0.159 e. The lowest BCUT2D eigenvalue weighted by atomic mass is 9.92. The predicted molar refractivity (Wildman–Crippen MR) is 76.6 cm³/mol. The van der Waals surface area contributed by atoms with Crippen molar-refractivity contribution in [2.24, 2.45) is 0 Å². The molecule has 0 unspecified atom stereocenters. The molecule has 0 aliphatic carbocycles. The van der Waals surface area contributed by atoms with Crippen LogP contribution < -0.4 is 5.32 Å². The lowest BCUT2D eigenvalue weighted by Gasteiger charge is -2.35. The molecule has 1 aromatic heterocycles. The average Bonchev–Trinajstić information content (AvgIpc) is 2.43. The van der Waals surface area contributed by atoms with Crippen molar-refractivity contribution < 1.29 is 4.74 Å². The molecule has 3 rings (SSSR count). The second-order valence-electron chi connectivity index (χ2n) is 5.18. The van der Waals surface area contributed by atoms with Gasteiger partial charge in [0, 0.05) is 29.5 Å². The molecule has 1 aromatic carbocycles. The number of aromatic nitrogens is 2. The Morgan fingerprint density at radius 1 is 1.16 bits per heavy atom. The van der Waals surface area contributed by atoms with E-state index in [4.69, 9.17) is 16.3 Å². The van der Waals surface area contributed by atoms with Gasteiger partial charge in [0.15, 0.2) is 11.0 Å². The third-order valence-corrected chi connectivity index (χ3v) is 3.94. The SMILES string of the molecule is CC1(Nc2nnc(Cl)c3ccccc23)CCOCC1. The number of fused-ring (bicyclic) bond motifs is 1. The van der Waals surface area contributed by atoms with E-state index in [2.05, 4.69) is 22.4 Å². The number of halogens is 1. The van der Waals surface area contributed by atoms with Crippen LogP contribution in [0, 0.1) is 0 Å². The quantitative estimate of drug-likeness (QED) is 0.915. The zero-order valence-electron chi connectivity index (χ0n) is 10.8. The molecule has 100 valence electrons. The van der Waals surface area contributed by atoms with Gasteiger partial charge in [0.2, 0.25) is 0 Å². The molecule has 1 saturated heterocycles. The summed E-state index contributed by atoms with van der Waals surface area (Å²) in [5, 5.41) is 14.1. The maximum atomic E-state index is 6.09. The van der Waals surface area contributed by atoms with Gasteiger partial charge in [-0.3, -0.25) is 0 Å². The number of benzene rings is 1. The highest BCUT2D eigenvalue weighted by molar-refractivity contribution is 6.34. The molecule has 0 atom stereocenters. The number of hydrogen-bond donors (Lipinski definition) is 1. The Bertz CT molecular complexity index is 596. The predicted octanol–water partition coefficient (Wildman–Crippen LogP) is 3.26. The monoisotopic (exact) mass is 277 g/mol. The van der Waals surface area contributed by atoms with Gasteiger partial charge < -0.3 is 10.1 Å². The highest BCUT2D eigenvalue weighted by atomic mass is 35.5. The van der Waals surface area contributed by atoms with E-state index in [0.29, 0.717) is 5.15 Å². The normalized spacial score (nSPS) is 18.4. The Morgan fingerprint density at radius 2 is 1.84 bits per heavy atom. The summed E-state index contributed by atoms with van der Waals surface area (Å²) >= 11 is 6.09. The molecule has 2 aromatic rings. The first-order valence-corrected chi connectivity index (χ1v) is 6.83. The van der Waals surface area contributed by atoms with Crippen LogP contribution in [0.25, 0.3) is 10.8 Å². The van der Waals surface area contributed by atoms with Crippen molar-refractivity contribution in [3.05, 3.63) is 29.4 Å². The smallest absolute Gasteiger partial charge is 0.159 e. The van der Waals surface area contributed by atoms with Gasteiger partial charge in [-0.05, 0) is 19.8 Å². The van der Waals surface area contributed by atoms with E-state index in [1.165, 1.54) is 0 Å². The number of rotatable bonds is 2. The summed E-state index contributed by atoms with van der Waals surface area (Å²) in [6, 6.07) is 7.92. The van der Waals surface area contributed by atoms with Crippen molar-refractivity contribution in [3.8, 4) is 0 Å². The number of ether oxygens (including phenoxy) is 1. The fraction of sp³-hybridized carbons (Fsp3) is 0.429. The molecule has 1 fully saturated rings. The third-order valence-electron chi connectivity index (χ3n) is 3.66. The van der Waals surface area contributed by atoms with Crippen LogP contribution in [0.3, 0.4) is 0 Å². The van der Waals surface area contributed by atoms with E-state index < -0.39 is 0 Å². The van der Waals surface area contributed by atoms with E-state index in [1.807, 2.05) is 24.3 Å². The molecule has 1 aliphatic heterocycles. The Balaban J connectivity index is 1.99. The van der Waals surface area contributed by atoms with Crippen LogP contribution in [-0.4, -0.2) is 29.0 Å². The van der Waals surface area contributed by atoms with Crippen molar-refractivity contribution in [2.45, 2.75) is 25.3 Å². The summed E-state index contributed by atoms with van der Waals surface area (Å²) in [6.45, 7) is 3.76. The van der Waals surface area contributed by atoms with Crippen molar-refractivity contribution in [1.82, 2.24) is 10.2 Å². The highest BCUT2D eigenvalue weighted by Gasteiger charge is 2.28. The lowest BCUT2D eigenvalue weighted by Crippen LogP contribution is -2.41. The fourth-order valence-electron chi connectivity index (χ4n) is 2.40. The minimum atomic E-state index is 0.00350. The van der Waals surface area contributed by atoms with Crippen LogP contribution in [0.2, 0.25) is 5.15 Å². The number of anilines is 1. The summed E-state index contributed by atoms with van der Waals surface area (Å²) < 4.78 is 5.41. The van der Waals surface area contributed by atoms with Crippen LogP contribution in [0.4, 0.5) is 5.82 Å². The first-order valence-electron chi connectivity index (χ1n) is 6.45. The van der Waals surface area contributed by atoms with Gasteiger partial charge in [-0.15, -0.1) is 10.2 Å². The molecule has 0 bridgehead atoms. The van der Waals surface area contributed by atoms with E-state index in [9.17, 15) is 0 Å². The molecule has 4 nitrogen and oxygen atoms in total. The molecule has 2 heterocycles. The van der Waals surface area contributed by atoms with Crippen molar-refractivity contribution >= 4 is 28.2 Å². The first kappa shape index (κ1) is 12.6. The third kappa shape index (κ3) is 2.51. The Morgan fingerprint density at radius 3 is 2.58 bits per heavy atom. The summed E-state index contributed by atoms with van der Waals surface area (Å²) in [4.78, 5) is 0. The van der Waals surface area contributed by atoms with Crippen LogP contribution in [0.1, 0.15) is 19.8 Å². The van der Waals surface area contributed by atoms with E-state index in [1.54, 1.807) is 0 Å². The van der Waals surface area contributed by atoms with Gasteiger partial charge in [-0.2, -0.15) is 0 Å². The zero-order valence-corrected chi connectivity index (χ0v) is 11.6. The summed E-state index contributed by atoms with van der Waals surface area (Å²) in [5.41, 5.74) is 0.00350. The highest BCUT2D eigenvalue weighted by Crippen LogP contribution is 2.30. The Labute approximate surface area is 117 Å². The van der Waals surface area contributed by atoms with Crippen LogP contribution in [-0.2, 0) is 4.74 Å². The van der Waals surface area contributed by atoms with E-state index >= 15 is 0 Å². The Hall–Kier alpha value is -1.39. The number of nitrogens with zero attached hydrogens (tertiary/aromatic N) is 2. The van der Waals surface area contributed by atoms with Gasteiger partial charge in [0.05, 0.1) is 0 Å². The Kier molecular flexibility index (Phi) is 3.29. The zero-order chi connectivity index (χ0) is 13.3. The molecule has 0 amide bonds. The molecule has 0 radical (unpaired) electrons. The molecular weight excluding hydrogens is 262 g/mol. The van der Waals surface area contributed by atoms with Crippen molar-refractivity contribution in [3.63, 3.8) is 0 Å². The van der Waals surface area contributed by atoms with Crippen molar-refractivity contribution in [2.75, 3.05) is 18.5 Å². The summed E-state index contributed by atoms with van der Waals surface area (Å²) in [7, 11) is 0. The molecule has 1 aliphatic rings. The molecule has 0 spiro atoms. The molecule has 1 N–H and O–H groups in total. The average molecular weight is 278 g/mol. The van der Waals surface area contributed by atoms with Crippen LogP contribution in [0.15, 0.2) is 24.3 Å². The molecular formula is C14H16ClN3O. The van der Waals surface area contributed by atoms with Gasteiger partial charge in [0.25, 0.3) is 0 Å². The maximum absolute atomic E-state index is 6.09. The summed E-state index contributed by atoms with van der Waals surface area (Å²) in [5.74, 6) is 0.796. The summed E-state index contributed by atoms with van der Waals surface area (Å²) in [6.07, 6.45) is 1.93. The minimum absolute atomic E-state index is 0.00350. The second kappa shape index (κ2) is 4.94. The molecule has 0 saturated carbocycles. The first-order chi connectivity index (χ1) is 9.18. The van der Waals surface area contributed by atoms with Crippen LogP contribution >= 0.6 is 11.6 Å². The topological polar surface area (TPSA) is 47.0 Å². The largest absolute Gasteiger partial charge is 0.381 e. The van der Waals surface area contributed by atoms with Gasteiger partial charge in [-0.1, -0.05) is 35.9 Å². The fourth-order valence-corrected chi connectivity index (χ4v) is 2.60. The van der Waals surface area contributed by atoms with Crippen LogP contribution in [0.5, 0.6) is 0 Å². The van der Waals surface area contributed by atoms with Gasteiger partial charge >= 0.3 is 0 Å². The van der Waals surface area contributed by atoms with E-state index in [-0.39, 0.29) is 5.54 Å². The number of nitrogens with one attached hydrogen (secondary N) is 1. The second-order valence-corrected chi connectivity index (χ2v) is 5.54. The van der Waals surface area contributed by atoms with Gasteiger partial charge in [-0.25, -0.2) is 0 Å². The van der Waals surface area contributed by atoms with Crippen molar-refractivity contribution in [1.29, 1.82) is 0 Å². The lowest BCUT2D eigenvalue weighted by molar-refractivity contribution is 0.0657. The van der Waals surface area contributed by atoms with Gasteiger partial charge in [0.1, 0.15) is 0 Å². The standard InChI is InChI=1S/C14H16ClN3O/c1-14(6-8-19-9-7-14)16-13-11-5-3-2-4-10(11)12(15)17-18-13/h2-5H,6-9H2,1H3,(H,16,18). The minimum Gasteiger partial charge on any atom is -0.381 e. The van der Waals surface area contributed by atoms with E-state index in [0.717, 1.165) is 42.6 Å². The molecule has 19 heavy (non-hydrogen) atoms.